The van der Waals surface area contributed by atoms with E-state index >= 15 is 0 Å². The van der Waals surface area contributed by atoms with Gasteiger partial charge in [-0.1, -0.05) is 0 Å². The van der Waals surface area contributed by atoms with E-state index in [4.69, 9.17) is 10.5 Å². The number of carbonyl (C=O) groups excluding carboxylic acids is 1. The van der Waals surface area contributed by atoms with Gasteiger partial charge in [0.1, 0.15) is 11.4 Å². The lowest BCUT2D eigenvalue weighted by atomic mass is 10.0. The average Bonchev–Trinajstić information content (AvgIpc) is 2.43. The summed E-state index contributed by atoms with van der Waals surface area (Å²) in [6, 6.07) is 5.27. The molecular weight excluding hydrogens is 254 g/mol. The van der Waals surface area contributed by atoms with Gasteiger partial charge in [-0.25, -0.2) is 4.99 Å². The zero-order valence-electron chi connectivity index (χ0n) is 11.7. The van der Waals surface area contributed by atoms with Gasteiger partial charge in [-0.05, 0) is 36.8 Å². The number of anilines is 1. The maximum Gasteiger partial charge on any atom is 0.202 e. The molecule has 0 saturated heterocycles. The monoisotopic (exact) mass is 271 g/mol. The number of allylic oxidation sites excluding steroid dienone is 3. The number of carbonyl (C=O) groups is 1. The van der Waals surface area contributed by atoms with Crippen molar-refractivity contribution in [2.45, 2.75) is 6.92 Å². The molecule has 0 aromatic heterocycles. The van der Waals surface area contributed by atoms with Gasteiger partial charge < -0.3 is 15.8 Å². The number of nitrogens with one attached hydrogen (secondary N) is 1. The first-order valence-electron chi connectivity index (χ1n) is 6.20. The van der Waals surface area contributed by atoms with E-state index in [9.17, 15) is 4.79 Å². The second-order valence-electron chi connectivity index (χ2n) is 4.43. The van der Waals surface area contributed by atoms with Crippen LogP contribution in [0.2, 0.25) is 0 Å². The standard InChI is InChI=1S/C15H17N3O2/c1-9-6-14(19)13(17-2)8-12(9)18-11-5-4-10(16)7-15(11)20-3/h4-8,17H,16H2,1-3H3. The zero-order valence-corrected chi connectivity index (χ0v) is 11.7. The Hall–Kier alpha value is -2.56. The molecule has 104 valence electrons. The van der Waals surface area contributed by atoms with E-state index in [1.54, 1.807) is 44.5 Å². The molecule has 20 heavy (non-hydrogen) atoms. The van der Waals surface area contributed by atoms with E-state index in [2.05, 4.69) is 10.3 Å². The van der Waals surface area contributed by atoms with E-state index in [0.717, 1.165) is 11.3 Å². The molecule has 2 rings (SSSR count). The summed E-state index contributed by atoms with van der Waals surface area (Å²) in [5.41, 5.74) is 9.05. The number of rotatable bonds is 3. The third kappa shape index (κ3) is 2.71. The lowest BCUT2D eigenvalue weighted by Crippen LogP contribution is -2.20. The third-order valence-corrected chi connectivity index (χ3v) is 3.01. The Balaban J connectivity index is 2.47. The van der Waals surface area contributed by atoms with Gasteiger partial charge >= 0.3 is 0 Å². The number of nitrogens with zero attached hydrogens (tertiary/aromatic N) is 1. The van der Waals surface area contributed by atoms with E-state index in [-0.39, 0.29) is 5.78 Å². The van der Waals surface area contributed by atoms with E-state index in [1.165, 1.54) is 0 Å². The predicted molar refractivity (Wildman–Crippen MR) is 80.4 cm³/mol. The lowest BCUT2D eigenvalue weighted by molar-refractivity contribution is -0.111. The van der Waals surface area contributed by atoms with Crippen LogP contribution in [0.3, 0.4) is 0 Å². The number of ketones is 1. The summed E-state index contributed by atoms with van der Waals surface area (Å²) in [4.78, 5) is 16.2. The quantitative estimate of drug-likeness (QED) is 0.651. The summed E-state index contributed by atoms with van der Waals surface area (Å²) in [5, 5.41) is 2.86. The fraction of sp³-hybridized carbons (Fsp3) is 0.200. The SMILES string of the molecule is CNC1=CC(=Nc2ccc(N)cc2OC)C(C)=CC1=O. The summed E-state index contributed by atoms with van der Waals surface area (Å²) >= 11 is 0. The van der Waals surface area contributed by atoms with Crippen LogP contribution in [0.25, 0.3) is 0 Å². The molecule has 0 saturated carbocycles. The van der Waals surface area contributed by atoms with Crippen molar-refractivity contribution in [3.8, 4) is 5.75 Å². The molecule has 0 amide bonds. The molecule has 0 fully saturated rings. The Labute approximate surface area is 117 Å². The molecule has 5 nitrogen and oxygen atoms in total. The summed E-state index contributed by atoms with van der Waals surface area (Å²) in [5.74, 6) is 0.551. The number of hydrogen-bond acceptors (Lipinski definition) is 5. The highest BCUT2D eigenvalue weighted by Crippen LogP contribution is 2.30. The van der Waals surface area contributed by atoms with E-state index in [0.29, 0.717) is 22.8 Å². The lowest BCUT2D eigenvalue weighted by Gasteiger charge is -2.13. The van der Waals surface area contributed by atoms with Crippen molar-refractivity contribution < 1.29 is 9.53 Å². The summed E-state index contributed by atoms with van der Waals surface area (Å²) in [6.07, 6.45) is 3.29. The summed E-state index contributed by atoms with van der Waals surface area (Å²) in [7, 11) is 3.28. The first kappa shape index (κ1) is 13.9. The molecule has 1 aromatic rings. The molecule has 1 aromatic carbocycles. The molecule has 3 N–H and O–H groups in total. The number of benzene rings is 1. The number of hydrogen-bond donors (Lipinski definition) is 2. The Morgan fingerprint density at radius 3 is 2.70 bits per heavy atom. The molecule has 0 bridgehead atoms. The fourth-order valence-corrected chi connectivity index (χ4v) is 1.90. The minimum absolute atomic E-state index is 0.0479. The van der Waals surface area contributed by atoms with Gasteiger partial charge in [-0.2, -0.15) is 0 Å². The molecule has 0 heterocycles. The summed E-state index contributed by atoms with van der Waals surface area (Å²) < 4.78 is 5.27. The number of nitrogens with two attached hydrogens (primary N) is 1. The molecule has 0 unspecified atom stereocenters. The van der Waals surface area contributed by atoms with E-state index < -0.39 is 0 Å². The van der Waals surface area contributed by atoms with Crippen LogP contribution in [0, 0.1) is 0 Å². The smallest absolute Gasteiger partial charge is 0.202 e. The van der Waals surface area contributed by atoms with Crippen molar-refractivity contribution in [3.05, 3.63) is 41.6 Å². The number of ether oxygens (including phenoxy) is 1. The molecule has 1 aliphatic rings. The predicted octanol–water partition coefficient (Wildman–Crippen LogP) is 1.98. The van der Waals surface area contributed by atoms with Crippen LogP contribution in [0.4, 0.5) is 11.4 Å². The maximum absolute atomic E-state index is 11.7. The van der Waals surface area contributed by atoms with Crippen molar-refractivity contribution in [1.29, 1.82) is 0 Å². The van der Waals surface area contributed by atoms with E-state index in [1.807, 2.05) is 6.92 Å². The van der Waals surface area contributed by atoms with Crippen molar-refractivity contribution in [1.82, 2.24) is 5.32 Å². The highest BCUT2D eigenvalue weighted by molar-refractivity contribution is 6.22. The molecule has 1 aliphatic carbocycles. The Kier molecular flexibility index (Phi) is 3.89. The fourth-order valence-electron chi connectivity index (χ4n) is 1.90. The summed E-state index contributed by atoms with van der Waals surface area (Å²) in [6.45, 7) is 1.85. The van der Waals surface area contributed by atoms with Gasteiger partial charge in [-0.15, -0.1) is 0 Å². The van der Waals surface area contributed by atoms with Gasteiger partial charge in [0.2, 0.25) is 5.78 Å². The van der Waals surface area contributed by atoms with Crippen molar-refractivity contribution in [2.75, 3.05) is 19.9 Å². The second-order valence-corrected chi connectivity index (χ2v) is 4.43. The van der Waals surface area contributed by atoms with Gasteiger partial charge in [-0.3, -0.25) is 4.79 Å². The van der Waals surface area contributed by atoms with Gasteiger partial charge in [0, 0.05) is 18.8 Å². The van der Waals surface area contributed by atoms with Crippen LogP contribution in [0.5, 0.6) is 5.75 Å². The number of aliphatic imine (C=N–C) groups is 1. The largest absolute Gasteiger partial charge is 0.494 e. The Morgan fingerprint density at radius 1 is 1.30 bits per heavy atom. The highest BCUT2D eigenvalue weighted by Gasteiger charge is 2.15. The maximum atomic E-state index is 11.7. The van der Waals surface area contributed by atoms with Crippen LogP contribution in [0.15, 0.2) is 46.6 Å². The zero-order chi connectivity index (χ0) is 14.7. The van der Waals surface area contributed by atoms with Crippen molar-refractivity contribution >= 4 is 22.9 Å². The average molecular weight is 271 g/mol. The number of methoxy groups -OCH3 is 1. The van der Waals surface area contributed by atoms with Gasteiger partial charge in [0.05, 0.1) is 18.5 Å². The number of nitrogen functional groups attached to an aromatic ring is 1. The number of likely N-dealkylation sites (N-methyl/N-ethyl adjacent to an activating group) is 1. The van der Waals surface area contributed by atoms with Crippen LogP contribution >= 0.6 is 0 Å². The molecule has 0 atom stereocenters. The normalized spacial score (nSPS) is 16.8. The molecular formula is C15H17N3O2. The molecule has 0 radical (unpaired) electrons. The first-order chi connectivity index (χ1) is 9.55. The molecule has 5 heteroatoms. The second kappa shape index (κ2) is 5.61. The third-order valence-electron chi connectivity index (χ3n) is 3.01. The Morgan fingerprint density at radius 2 is 2.05 bits per heavy atom. The van der Waals surface area contributed by atoms with Gasteiger partial charge in [0.25, 0.3) is 0 Å². The minimum Gasteiger partial charge on any atom is -0.494 e. The molecule has 0 aliphatic heterocycles. The van der Waals surface area contributed by atoms with Crippen molar-refractivity contribution in [3.63, 3.8) is 0 Å². The Bertz CT molecular complexity index is 643. The van der Waals surface area contributed by atoms with Gasteiger partial charge in [0.15, 0.2) is 0 Å². The van der Waals surface area contributed by atoms with Crippen LogP contribution in [-0.2, 0) is 4.79 Å². The van der Waals surface area contributed by atoms with Crippen LogP contribution < -0.4 is 15.8 Å². The highest BCUT2D eigenvalue weighted by atomic mass is 16.5. The first-order valence-corrected chi connectivity index (χ1v) is 6.20. The minimum atomic E-state index is -0.0479. The topological polar surface area (TPSA) is 76.7 Å². The van der Waals surface area contributed by atoms with Crippen LogP contribution in [0.1, 0.15) is 6.92 Å². The van der Waals surface area contributed by atoms with Crippen LogP contribution in [-0.4, -0.2) is 25.7 Å². The molecule has 0 spiro atoms. The van der Waals surface area contributed by atoms with Crippen molar-refractivity contribution in [2.24, 2.45) is 4.99 Å².